The standard InChI is InChI=1S/C61H5B/c1-2-3-4-5-6-7-8-9-10-11-12-13-14-15-16-17-18-19-20-21-22-23-24-25-26-27-28-29-30-31-32-33-34-35-36-37-38-39-40-41-42-43-44-45-46-47-48-49-50-51-52-53-54-55-56-57-58-59-60-61-62/h1H,61-62H2/i1D. The first-order chi connectivity index (χ1) is 31.4. The van der Waals surface area contributed by atoms with E-state index in [1.54, 1.807) is 0 Å². The molecule has 252 valence electrons. The highest BCUT2D eigenvalue weighted by Crippen LogP contribution is 1.64. The van der Waals surface area contributed by atoms with Crippen LogP contribution >= 0.6 is 0 Å². The molecule has 0 heterocycles. The predicted molar refractivity (Wildman–Crippen MR) is 248 cm³/mol. The highest BCUT2D eigenvalue weighted by Gasteiger charge is 1.63. The Morgan fingerprint density at radius 2 is 0.306 bits per heavy atom. The van der Waals surface area contributed by atoms with Gasteiger partial charge in [-0.1, -0.05) is 5.92 Å². The number of terminal acetylenes is 1. The fraction of sp³-hybridized carbons (Fsp3) is 0.0164. The smallest absolute Gasteiger partial charge is 0.106 e. The molecule has 0 rings (SSSR count). The maximum absolute atomic E-state index is 6.57. The normalized spacial score (nSPS) is 4.16. The van der Waals surface area contributed by atoms with Gasteiger partial charge in [0.05, 0.1) is 0 Å². The first-order valence-corrected chi connectivity index (χ1v) is 15.8. The molecule has 0 N–H and O–H groups in total. The van der Waals surface area contributed by atoms with Gasteiger partial charge in [0.15, 0.2) is 0 Å². The van der Waals surface area contributed by atoms with Crippen LogP contribution in [-0.2, 0) is 0 Å². The molecular weight excluding hydrogens is 743 g/mol. The SMILES string of the molecule is [2H]C#CC#CC#CC#CC#CC#CC#CC#CC#CC#CC#CC#CC#CC#CC#CC#CC#CC#CC#CC#CC#CC#CC#CC#CC#CC#CC#CC#CC#CC#CCB. The highest BCUT2D eigenvalue weighted by molar-refractivity contribution is 6.10. The highest BCUT2D eigenvalue weighted by atomic mass is 13.6. The minimum absolute atomic E-state index is 0.745. The van der Waals surface area contributed by atoms with Gasteiger partial charge in [0.25, 0.3) is 0 Å². The minimum Gasteiger partial charge on any atom is -0.106 e. The Kier molecular flexibility index (Phi) is 36.2. The van der Waals surface area contributed by atoms with Crippen LogP contribution in [0.3, 0.4) is 0 Å². The number of hydrogen-bond acceptors (Lipinski definition) is 0. The zero-order valence-electron chi connectivity index (χ0n) is 32.7. The summed E-state index contributed by atoms with van der Waals surface area (Å²) in [6, 6.07) is 0. The van der Waals surface area contributed by atoms with Crippen molar-refractivity contribution in [3.63, 3.8) is 0 Å². The lowest BCUT2D eigenvalue weighted by molar-refractivity contribution is 1.88. The third-order valence-electron chi connectivity index (χ3n) is 3.83. The zero-order valence-corrected chi connectivity index (χ0v) is 31.7. The van der Waals surface area contributed by atoms with Gasteiger partial charge in [0, 0.05) is 249 Å². The molecule has 0 aliphatic heterocycles. The third kappa shape index (κ3) is 46.9. The van der Waals surface area contributed by atoms with Gasteiger partial charge in [-0.05, 0) is 101 Å². The third-order valence-corrected chi connectivity index (χ3v) is 3.83. The lowest BCUT2D eigenvalue weighted by atomic mass is 10.1. The van der Waals surface area contributed by atoms with Gasteiger partial charge in [-0.2, -0.15) is 0 Å². The van der Waals surface area contributed by atoms with Crippen molar-refractivity contribution in [1.29, 1.82) is 0 Å². The predicted octanol–water partition coefficient (Wildman–Crippen LogP) is -0.230. The summed E-state index contributed by atoms with van der Waals surface area (Å²) in [4.78, 5) is 0. The minimum atomic E-state index is 0.745. The van der Waals surface area contributed by atoms with Crippen LogP contribution in [-0.4, -0.2) is 7.85 Å². The molecule has 0 aromatic rings. The molecule has 0 amide bonds. The average molecular weight is 750 g/mol. The molecule has 0 bridgehead atoms. The molecule has 0 nitrogen and oxygen atoms in total. The second-order valence-electron chi connectivity index (χ2n) is 7.78. The molecule has 0 fully saturated rings. The molecule has 0 spiro atoms. The Balaban J connectivity index is 4.59. The van der Waals surface area contributed by atoms with Gasteiger partial charge in [0.2, 0.25) is 0 Å². The molecule has 1 heteroatoms. The van der Waals surface area contributed by atoms with Crippen LogP contribution in [0.5, 0.6) is 0 Å². The molecule has 62 heavy (non-hydrogen) atoms. The van der Waals surface area contributed by atoms with Crippen LogP contribution in [0, 0.1) is 356 Å². The molecule has 0 aromatic heterocycles. The molecule has 0 saturated heterocycles. The van der Waals surface area contributed by atoms with Crippen molar-refractivity contribution >= 4 is 7.85 Å². The molecule has 0 atom stereocenters. The van der Waals surface area contributed by atoms with Gasteiger partial charge in [-0.15, -0.1) is 6.40 Å². The Bertz CT molecular complexity index is 3970. The van der Waals surface area contributed by atoms with Gasteiger partial charge in [-0.3, -0.25) is 0 Å². The van der Waals surface area contributed by atoms with Crippen molar-refractivity contribution in [2.45, 2.75) is 6.32 Å². The lowest BCUT2D eigenvalue weighted by Gasteiger charge is -1.59. The topological polar surface area (TPSA) is 0 Å². The fourth-order valence-corrected chi connectivity index (χ4v) is 1.88. The molecule has 0 aromatic carbocycles. The summed E-state index contributed by atoms with van der Waals surface area (Å²) in [5.41, 5.74) is 0. The summed E-state index contributed by atoms with van der Waals surface area (Å²) in [7, 11) is 1.93. The molecule has 0 unspecified atom stereocenters. The van der Waals surface area contributed by atoms with E-state index in [1.807, 2.05) is 14.2 Å². The van der Waals surface area contributed by atoms with Crippen LogP contribution in [0.1, 0.15) is 1.37 Å². The summed E-state index contributed by atoms with van der Waals surface area (Å²) >= 11 is 0. The van der Waals surface area contributed by atoms with Crippen LogP contribution in [0.25, 0.3) is 0 Å². The second-order valence-corrected chi connectivity index (χ2v) is 7.78. The van der Waals surface area contributed by atoms with E-state index in [0.717, 1.165) is 6.32 Å². The fourth-order valence-electron chi connectivity index (χ4n) is 1.88. The monoisotopic (exact) mass is 749 g/mol. The van der Waals surface area contributed by atoms with E-state index in [0.29, 0.717) is 0 Å². The van der Waals surface area contributed by atoms with Crippen molar-refractivity contribution in [2.75, 3.05) is 0 Å². The molecule has 0 aliphatic rings. The van der Waals surface area contributed by atoms with Crippen LogP contribution in [0.2, 0.25) is 6.32 Å². The summed E-state index contributed by atoms with van der Waals surface area (Å²) in [5, 5.41) is 0. The molecular formula is C61H5B. The largest absolute Gasteiger partial charge is 0.125 e. The number of rotatable bonds is 0. The summed E-state index contributed by atoms with van der Waals surface area (Å²) in [6.07, 6.45) is 2.62. The lowest BCUT2D eigenvalue weighted by Crippen LogP contribution is -1.58. The summed E-state index contributed by atoms with van der Waals surface area (Å²) < 4.78 is 6.57. The van der Waals surface area contributed by atoms with Gasteiger partial charge < -0.3 is 0 Å². The first kappa shape index (κ1) is 46.9. The second kappa shape index (κ2) is 47.9. The van der Waals surface area contributed by atoms with E-state index in [-0.39, 0.29) is 0 Å². The van der Waals surface area contributed by atoms with Crippen LogP contribution < -0.4 is 0 Å². The van der Waals surface area contributed by atoms with Crippen molar-refractivity contribution in [2.24, 2.45) is 0 Å². The quantitative estimate of drug-likeness (QED) is 0.238. The van der Waals surface area contributed by atoms with E-state index in [1.165, 1.54) is 0 Å². The van der Waals surface area contributed by atoms with Crippen molar-refractivity contribution < 1.29 is 1.37 Å². The van der Waals surface area contributed by atoms with Crippen LogP contribution in [0.15, 0.2) is 0 Å². The number of hydrogen-bond donors (Lipinski definition) is 0. The Morgan fingerprint density at radius 3 is 0.419 bits per heavy atom. The maximum Gasteiger partial charge on any atom is 0.125 e. The Morgan fingerprint density at radius 1 is 0.194 bits per heavy atom. The Hall–Kier alpha value is -13.1. The van der Waals surface area contributed by atoms with E-state index in [4.69, 9.17) is 1.37 Å². The maximum atomic E-state index is 6.57. The average Bonchev–Trinajstić information content (AvgIpc) is 3.29. The Labute approximate surface area is 369 Å². The van der Waals surface area contributed by atoms with Crippen molar-refractivity contribution in [1.82, 2.24) is 0 Å². The van der Waals surface area contributed by atoms with Crippen molar-refractivity contribution in [3.05, 3.63) is 0 Å². The van der Waals surface area contributed by atoms with Gasteiger partial charge in [0.1, 0.15) is 9.22 Å². The van der Waals surface area contributed by atoms with Gasteiger partial charge in [-0.25, -0.2) is 0 Å². The molecule has 0 radical (unpaired) electrons. The molecule has 0 saturated carbocycles. The van der Waals surface area contributed by atoms with Crippen molar-refractivity contribution in [3.8, 4) is 356 Å². The molecule has 0 aliphatic carbocycles. The first-order valence-electron chi connectivity index (χ1n) is 16.3. The van der Waals surface area contributed by atoms with Crippen LogP contribution in [0.4, 0.5) is 0 Å². The van der Waals surface area contributed by atoms with E-state index in [9.17, 15) is 0 Å². The van der Waals surface area contributed by atoms with E-state index >= 15 is 0 Å². The summed E-state index contributed by atoms with van der Waals surface area (Å²) in [5.74, 6) is 147. The summed E-state index contributed by atoms with van der Waals surface area (Å²) in [6.45, 7) is 0. The van der Waals surface area contributed by atoms with E-state index < -0.39 is 0 Å². The zero-order chi connectivity index (χ0) is 45.1. The van der Waals surface area contributed by atoms with E-state index in [2.05, 4.69) is 349 Å². The van der Waals surface area contributed by atoms with Gasteiger partial charge >= 0.3 is 0 Å².